The van der Waals surface area contributed by atoms with Crippen LogP contribution in [-0.4, -0.2) is 15.1 Å². The normalized spacial score (nSPS) is 8.40. The van der Waals surface area contributed by atoms with Gasteiger partial charge in [-0.1, -0.05) is 0 Å². The van der Waals surface area contributed by atoms with E-state index >= 15 is 0 Å². The summed E-state index contributed by atoms with van der Waals surface area (Å²) in [6, 6.07) is 1.01. The third kappa shape index (κ3) is 2.49. The second-order valence-electron chi connectivity index (χ2n) is 1.47. The zero-order chi connectivity index (χ0) is 6.85. The van der Waals surface area contributed by atoms with E-state index in [1.54, 1.807) is 0 Å². The van der Waals surface area contributed by atoms with Gasteiger partial charge in [-0.15, -0.1) is 0 Å². The van der Waals surface area contributed by atoms with E-state index in [-0.39, 0.29) is 33.0 Å². The summed E-state index contributed by atoms with van der Waals surface area (Å²) in [6.45, 7) is 0. The molecular weight excluding hydrogens is 248 g/mol. The van der Waals surface area contributed by atoms with Crippen LogP contribution in [0.5, 0.6) is 5.88 Å². The van der Waals surface area contributed by atoms with Crippen molar-refractivity contribution in [1.82, 2.24) is 9.97 Å². The van der Waals surface area contributed by atoms with Gasteiger partial charge in [0.05, 0.1) is 6.07 Å². The molecule has 1 rings (SSSR count). The number of H-pyrrole nitrogens is 2. The number of rotatable bonds is 0. The number of nitrogens with one attached hydrogen (secondary N) is 2. The fourth-order valence-corrected chi connectivity index (χ4v) is 0.661. The van der Waals surface area contributed by atoms with Crippen LogP contribution < -0.4 is 5.56 Å². The van der Waals surface area contributed by atoms with E-state index in [0.717, 1.165) is 6.07 Å². The van der Waals surface area contributed by atoms with Gasteiger partial charge < -0.3 is 10.1 Å². The first-order chi connectivity index (χ1) is 4.18. The molecular formula is C4H4AgN2O2S. The largest absolute Gasteiger partial charge is 0.494 e. The zero-order valence-corrected chi connectivity index (χ0v) is 6.94. The summed E-state index contributed by atoms with van der Waals surface area (Å²) in [6.07, 6.45) is 0. The van der Waals surface area contributed by atoms with Crippen molar-refractivity contribution in [3.8, 4) is 5.88 Å². The van der Waals surface area contributed by atoms with E-state index in [9.17, 15) is 4.79 Å². The SMILES string of the molecule is O=c1cc(O)[nH]c(=S)[nH]1.[Ag]. The Morgan fingerprint density at radius 1 is 1.50 bits per heavy atom. The van der Waals surface area contributed by atoms with Crippen molar-refractivity contribution in [2.45, 2.75) is 0 Å². The Kier molecular flexibility index (Phi) is 3.59. The Morgan fingerprint density at radius 2 is 2.10 bits per heavy atom. The summed E-state index contributed by atoms with van der Waals surface area (Å²) in [4.78, 5) is 15.0. The molecule has 0 amide bonds. The topological polar surface area (TPSA) is 68.9 Å². The van der Waals surface area contributed by atoms with E-state index in [2.05, 4.69) is 22.2 Å². The summed E-state index contributed by atoms with van der Waals surface area (Å²) in [5.41, 5.74) is -0.406. The van der Waals surface area contributed by atoms with Gasteiger partial charge >= 0.3 is 0 Å². The van der Waals surface area contributed by atoms with Crippen molar-refractivity contribution < 1.29 is 27.5 Å². The van der Waals surface area contributed by atoms with Crippen molar-refractivity contribution in [1.29, 1.82) is 0 Å². The molecule has 0 unspecified atom stereocenters. The fourth-order valence-electron chi connectivity index (χ4n) is 0.456. The molecule has 0 aromatic carbocycles. The molecule has 1 aromatic heterocycles. The first kappa shape index (κ1) is 9.64. The molecule has 3 N–H and O–H groups in total. The Bertz CT molecular complexity index is 289. The number of aromatic amines is 2. The summed E-state index contributed by atoms with van der Waals surface area (Å²) < 4.78 is 0.125. The molecule has 10 heavy (non-hydrogen) atoms. The van der Waals surface area contributed by atoms with Crippen molar-refractivity contribution >= 4 is 12.2 Å². The third-order valence-corrected chi connectivity index (χ3v) is 0.950. The maximum atomic E-state index is 10.4. The maximum Gasteiger partial charge on any atom is 0.255 e. The molecule has 0 aliphatic rings. The van der Waals surface area contributed by atoms with Gasteiger partial charge in [0, 0.05) is 22.4 Å². The summed E-state index contributed by atoms with van der Waals surface area (Å²) >= 11 is 4.52. The van der Waals surface area contributed by atoms with Gasteiger partial charge in [-0.05, 0) is 12.2 Å². The summed E-state index contributed by atoms with van der Waals surface area (Å²) in [5.74, 6) is -0.219. The van der Waals surface area contributed by atoms with Gasteiger partial charge in [-0.3, -0.25) is 9.78 Å². The van der Waals surface area contributed by atoms with E-state index < -0.39 is 5.56 Å². The second kappa shape index (κ2) is 3.72. The Balaban J connectivity index is 0.000000810. The molecule has 59 valence electrons. The molecule has 0 saturated heterocycles. The molecule has 1 heterocycles. The first-order valence-corrected chi connectivity index (χ1v) is 2.62. The molecule has 0 spiro atoms. The minimum absolute atomic E-state index is 0. The van der Waals surface area contributed by atoms with Crippen molar-refractivity contribution in [3.63, 3.8) is 0 Å². The number of hydrogen-bond donors (Lipinski definition) is 3. The third-order valence-electron chi connectivity index (χ3n) is 0.746. The summed E-state index contributed by atoms with van der Waals surface area (Å²) in [7, 11) is 0. The van der Waals surface area contributed by atoms with Crippen molar-refractivity contribution in [2.75, 3.05) is 0 Å². The second-order valence-corrected chi connectivity index (χ2v) is 1.88. The van der Waals surface area contributed by atoms with Crippen LogP contribution >= 0.6 is 12.2 Å². The van der Waals surface area contributed by atoms with Gasteiger partial charge in [-0.25, -0.2) is 0 Å². The summed E-state index contributed by atoms with van der Waals surface area (Å²) in [5, 5.41) is 8.65. The van der Waals surface area contributed by atoms with E-state index in [1.165, 1.54) is 0 Å². The molecule has 1 radical (unpaired) electrons. The average molecular weight is 252 g/mol. The Labute approximate surface area is 76.8 Å². The van der Waals surface area contributed by atoms with Crippen LogP contribution in [0.15, 0.2) is 10.9 Å². The molecule has 0 atom stereocenters. The molecule has 0 saturated carbocycles. The van der Waals surface area contributed by atoms with Crippen LogP contribution in [-0.2, 0) is 22.4 Å². The smallest absolute Gasteiger partial charge is 0.255 e. The van der Waals surface area contributed by atoms with Gasteiger partial charge in [0.2, 0.25) is 0 Å². The molecule has 6 heteroatoms. The molecule has 4 nitrogen and oxygen atoms in total. The van der Waals surface area contributed by atoms with Crippen molar-refractivity contribution in [2.24, 2.45) is 0 Å². The Hall–Kier alpha value is -0.360. The van der Waals surface area contributed by atoms with Crippen molar-refractivity contribution in [3.05, 3.63) is 21.2 Å². The van der Waals surface area contributed by atoms with Crippen LogP contribution in [0.4, 0.5) is 0 Å². The van der Waals surface area contributed by atoms with Crippen LogP contribution in [0.25, 0.3) is 0 Å². The molecule has 1 aromatic rings. The average Bonchev–Trinajstić information content (AvgIpc) is 1.59. The minimum atomic E-state index is -0.406. The number of aromatic hydroxyl groups is 1. The molecule has 0 aliphatic heterocycles. The monoisotopic (exact) mass is 251 g/mol. The maximum absolute atomic E-state index is 10.4. The minimum Gasteiger partial charge on any atom is -0.494 e. The Morgan fingerprint density at radius 3 is 2.50 bits per heavy atom. The first-order valence-electron chi connectivity index (χ1n) is 2.21. The number of hydrogen-bond acceptors (Lipinski definition) is 3. The van der Waals surface area contributed by atoms with Crippen LogP contribution in [0.3, 0.4) is 0 Å². The molecule has 0 aliphatic carbocycles. The van der Waals surface area contributed by atoms with E-state index in [0.29, 0.717) is 0 Å². The van der Waals surface area contributed by atoms with Gasteiger partial charge in [0.1, 0.15) is 0 Å². The van der Waals surface area contributed by atoms with Gasteiger partial charge in [0.25, 0.3) is 5.56 Å². The van der Waals surface area contributed by atoms with Crippen LogP contribution in [0.2, 0.25) is 0 Å². The van der Waals surface area contributed by atoms with Gasteiger partial charge in [0.15, 0.2) is 10.7 Å². The molecule has 0 fully saturated rings. The molecule has 0 bridgehead atoms. The standard InChI is InChI=1S/C4H4N2O2S.Ag/c7-2-1-3(8)6-4(9)5-2;/h1H,(H3,5,6,7,8,9);. The number of aromatic nitrogens is 2. The quantitative estimate of drug-likeness (QED) is 0.454. The van der Waals surface area contributed by atoms with E-state index in [4.69, 9.17) is 5.11 Å². The predicted octanol–water partition coefficient (Wildman–Crippen LogP) is 0.136. The zero-order valence-electron chi connectivity index (χ0n) is 4.64. The van der Waals surface area contributed by atoms with Gasteiger partial charge in [-0.2, -0.15) is 0 Å². The van der Waals surface area contributed by atoms with Crippen LogP contribution in [0, 0.1) is 4.77 Å². The predicted molar refractivity (Wildman–Crippen MR) is 33.9 cm³/mol. The fraction of sp³-hybridized carbons (Fsp3) is 0. The van der Waals surface area contributed by atoms with E-state index in [1.807, 2.05) is 0 Å². The van der Waals surface area contributed by atoms with Crippen LogP contribution in [0.1, 0.15) is 0 Å².